The van der Waals surface area contributed by atoms with E-state index in [1.54, 1.807) is 12.1 Å². The van der Waals surface area contributed by atoms with Crippen LogP contribution in [0.15, 0.2) is 47.0 Å². The molecule has 0 aliphatic rings. The van der Waals surface area contributed by atoms with Gasteiger partial charge in [0.05, 0.1) is 5.56 Å². The molecule has 1 heterocycles. The summed E-state index contributed by atoms with van der Waals surface area (Å²) in [5.41, 5.74) is 4.20. The fourth-order valence-electron chi connectivity index (χ4n) is 2.45. The largest absolute Gasteiger partial charge is 0.478 e. The van der Waals surface area contributed by atoms with Gasteiger partial charge >= 0.3 is 5.97 Å². The minimum Gasteiger partial charge on any atom is -0.478 e. The van der Waals surface area contributed by atoms with E-state index in [4.69, 9.17) is 9.63 Å². The molecule has 0 saturated heterocycles. The smallest absolute Gasteiger partial charge is 0.335 e. The van der Waals surface area contributed by atoms with Crippen LogP contribution in [0.5, 0.6) is 0 Å². The van der Waals surface area contributed by atoms with Gasteiger partial charge in [-0.25, -0.2) is 4.79 Å². The van der Waals surface area contributed by atoms with Crippen LogP contribution < -0.4 is 0 Å². The monoisotopic (exact) mass is 322 g/mol. The summed E-state index contributed by atoms with van der Waals surface area (Å²) in [7, 11) is 0. The molecule has 0 amide bonds. The van der Waals surface area contributed by atoms with Crippen molar-refractivity contribution >= 4 is 5.97 Å². The van der Waals surface area contributed by atoms with E-state index in [1.165, 1.54) is 0 Å². The third-order valence-corrected chi connectivity index (χ3v) is 3.87. The second-order valence-electron chi connectivity index (χ2n) is 6.02. The minimum absolute atomic E-state index is 0.180. The summed E-state index contributed by atoms with van der Waals surface area (Å²) >= 11 is 0. The molecular formula is C19H18N2O3. The lowest BCUT2D eigenvalue weighted by Crippen LogP contribution is -1.95. The molecule has 0 radical (unpaired) electrons. The summed E-state index contributed by atoms with van der Waals surface area (Å²) in [5.74, 6) is 0.416. The number of hydrogen-bond donors (Lipinski definition) is 1. The zero-order valence-corrected chi connectivity index (χ0v) is 13.8. The van der Waals surface area contributed by atoms with Gasteiger partial charge in [0.2, 0.25) is 11.7 Å². The van der Waals surface area contributed by atoms with Crippen molar-refractivity contribution in [1.82, 2.24) is 10.1 Å². The average molecular weight is 322 g/mol. The molecular weight excluding hydrogens is 304 g/mol. The highest BCUT2D eigenvalue weighted by Crippen LogP contribution is 2.29. The Morgan fingerprint density at radius 2 is 1.75 bits per heavy atom. The number of carboxylic acids is 1. The van der Waals surface area contributed by atoms with E-state index in [0.29, 0.717) is 11.7 Å². The number of rotatable bonds is 4. The molecule has 0 atom stereocenters. The maximum Gasteiger partial charge on any atom is 0.335 e. The van der Waals surface area contributed by atoms with E-state index >= 15 is 0 Å². The number of hydrogen-bond acceptors (Lipinski definition) is 4. The zero-order valence-electron chi connectivity index (χ0n) is 13.8. The number of carbonyl (C=O) groups is 1. The molecule has 0 aliphatic heterocycles. The van der Waals surface area contributed by atoms with Crippen LogP contribution in [-0.4, -0.2) is 21.2 Å². The van der Waals surface area contributed by atoms with Crippen LogP contribution >= 0.6 is 0 Å². The van der Waals surface area contributed by atoms with E-state index in [2.05, 4.69) is 10.1 Å². The third-order valence-electron chi connectivity index (χ3n) is 3.87. The number of aryl methyl sites for hydroxylation is 1. The molecule has 3 rings (SSSR count). The molecule has 0 saturated carbocycles. The zero-order chi connectivity index (χ0) is 17.3. The number of carboxylic acid groups (broad SMARTS) is 1. The predicted molar refractivity (Wildman–Crippen MR) is 91.0 cm³/mol. The van der Waals surface area contributed by atoms with Crippen molar-refractivity contribution in [3.8, 4) is 22.5 Å². The van der Waals surface area contributed by atoms with E-state index in [1.807, 2.05) is 51.1 Å². The predicted octanol–water partition coefficient (Wildman–Crippen LogP) is 4.53. The molecule has 5 heteroatoms. The summed E-state index contributed by atoms with van der Waals surface area (Å²) in [4.78, 5) is 15.4. The van der Waals surface area contributed by atoms with Gasteiger partial charge in [0, 0.05) is 11.5 Å². The Morgan fingerprint density at radius 3 is 2.33 bits per heavy atom. The van der Waals surface area contributed by atoms with Crippen molar-refractivity contribution in [2.24, 2.45) is 0 Å². The van der Waals surface area contributed by atoms with Crippen LogP contribution in [0.3, 0.4) is 0 Å². The molecule has 0 spiro atoms. The van der Waals surface area contributed by atoms with Gasteiger partial charge in [-0.2, -0.15) is 4.98 Å². The summed E-state index contributed by atoms with van der Waals surface area (Å²) in [5, 5.41) is 13.1. The van der Waals surface area contributed by atoms with Crippen molar-refractivity contribution in [2.45, 2.75) is 26.7 Å². The second kappa shape index (κ2) is 6.28. The maximum absolute atomic E-state index is 11.0. The van der Waals surface area contributed by atoms with E-state index in [9.17, 15) is 4.79 Å². The van der Waals surface area contributed by atoms with Crippen LogP contribution in [0, 0.1) is 6.92 Å². The van der Waals surface area contributed by atoms with E-state index < -0.39 is 5.97 Å². The molecule has 5 nitrogen and oxygen atoms in total. The number of aromatic nitrogens is 2. The first-order chi connectivity index (χ1) is 11.5. The Morgan fingerprint density at radius 1 is 1.08 bits per heavy atom. The average Bonchev–Trinajstić information content (AvgIpc) is 3.06. The van der Waals surface area contributed by atoms with E-state index in [0.717, 1.165) is 22.3 Å². The normalized spacial score (nSPS) is 11.0. The van der Waals surface area contributed by atoms with Gasteiger partial charge in [0.1, 0.15) is 0 Å². The molecule has 0 unspecified atom stereocenters. The Labute approximate surface area is 140 Å². The van der Waals surface area contributed by atoms with Crippen molar-refractivity contribution in [3.63, 3.8) is 0 Å². The summed E-state index contributed by atoms with van der Waals surface area (Å²) in [6.07, 6.45) is 0. The van der Waals surface area contributed by atoms with Crippen LogP contribution in [0.4, 0.5) is 0 Å². The highest BCUT2D eigenvalue weighted by atomic mass is 16.5. The molecule has 122 valence electrons. The van der Waals surface area contributed by atoms with Crippen molar-refractivity contribution in [3.05, 3.63) is 59.5 Å². The van der Waals surface area contributed by atoms with Gasteiger partial charge in [-0.1, -0.05) is 43.3 Å². The first-order valence-electron chi connectivity index (χ1n) is 7.74. The molecule has 1 N–H and O–H groups in total. The SMILES string of the molecule is Cc1ccc(-c2noc(C(C)C)n2)cc1-c1ccc(C(=O)O)cc1. The Kier molecular flexibility index (Phi) is 4.16. The third kappa shape index (κ3) is 3.06. The minimum atomic E-state index is -0.931. The highest BCUT2D eigenvalue weighted by Gasteiger charge is 2.13. The summed E-state index contributed by atoms with van der Waals surface area (Å²) < 4.78 is 5.27. The van der Waals surface area contributed by atoms with Crippen LogP contribution in [0.1, 0.15) is 41.6 Å². The van der Waals surface area contributed by atoms with Crippen LogP contribution in [0.2, 0.25) is 0 Å². The van der Waals surface area contributed by atoms with Crippen LogP contribution in [-0.2, 0) is 0 Å². The summed E-state index contributed by atoms with van der Waals surface area (Å²) in [6, 6.07) is 12.8. The molecule has 24 heavy (non-hydrogen) atoms. The number of aromatic carboxylic acids is 1. The fourth-order valence-corrected chi connectivity index (χ4v) is 2.45. The van der Waals surface area contributed by atoms with Gasteiger partial charge in [-0.3, -0.25) is 0 Å². The Hall–Kier alpha value is -2.95. The molecule has 0 aliphatic carbocycles. The first kappa shape index (κ1) is 15.9. The highest BCUT2D eigenvalue weighted by molar-refractivity contribution is 5.88. The van der Waals surface area contributed by atoms with E-state index in [-0.39, 0.29) is 11.5 Å². The lowest BCUT2D eigenvalue weighted by molar-refractivity contribution is 0.0697. The lowest BCUT2D eigenvalue weighted by Gasteiger charge is -2.08. The first-order valence-corrected chi connectivity index (χ1v) is 7.74. The van der Waals surface area contributed by atoms with Crippen LogP contribution in [0.25, 0.3) is 22.5 Å². The van der Waals surface area contributed by atoms with Crippen molar-refractivity contribution in [1.29, 1.82) is 0 Å². The quantitative estimate of drug-likeness (QED) is 0.763. The Bertz CT molecular complexity index is 880. The number of nitrogens with zero attached hydrogens (tertiary/aromatic N) is 2. The molecule has 0 fully saturated rings. The Balaban J connectivity index is 2.00. The van der Waals surface area contributed by atoms with Gasteiger partial charge < -0.3 is 9.63 Å². The standard InChI is InChI=1S/C19H18N2O3/c1-11(2)18-20-17(21-24-18)15-5-4-12(3)16(10-15)13-6-8-14(9-7-13)19(22)23/h4-11H,1-3H3,(H,22,23). The lowest BCUT2D eigenvalue weighted by atomic mass is 9.97. The van der Waals surface area contributed by atoms with Gasteiger partial charge in [-0.05, 0) is 41.8 Å². The summed E-state index contributed by atoms with van der Waals surface area (Å²) in [6.45, 7) is 6.02. The maximum atomic E-state index is 11.0. The van der Waals surface area contributed by atoms with Gasteiger partial charge in [-0.15, -0.1) is 0 Å². The molecule has 2 aromatic carbocycles. The van der Waals surface area contributed by atoms with Gasteiger partial charge in [0.15, 0.2) is 0 Å². The molecule has 3 aromatic rings. The molecule has 0 bridgehead atoms. The topological polar surface area (TPSA) is 76.2 Å². The van der Waals surface area contributed by atoms with Crippen molar-refractivity contribution < 1.29 is 14.4 Å². The van der Waals surface area contributed by atoms with Gasteiger partial charge in [0.25, 0.3) is 0 Å². The van der Waals surface area contributed by atoms with Crippen molar-refractivity contribution in [2.75, 3.05) is 0 Å². The number of benzene rings is 2. The fraction of sp³-hybridized carbons (Fsp3) is 0.211. The second-order valence-corrected chi connectivity index (χ2v) is 6.02. The molecule has 1 aromatic heterocycles.